The molecule has 2 aliphatic carbocycles. The second-order valence-corrected chi connectivity index (χ2v) is 6.33. The van der Waals surface area contributed by atoms with Crippen molar-refractivity contribution in [3.8, 4) is 0 Å². The van der Waals surface area contributed by atoms with Gasteiger partial charge in [-0.15, -0.1) is 0 Å². The van der Waals surface area contributed by atoms with Gasteiger partial charge in [-0.2, -0.15) is 0 Å². The van der Waals surface area contributed by atoms with Crippen LogP contribution in [-0.4, -0.2) is 5.78 Å². The van der Waals surface area contributed by atoms with E-state index in [1.54, 1.807) is 0 Å². The van der Waals surface area contributed by atoms with E-state index in [1.807, 2.05) is 0 Å². The lowest BCUT2D eigenvalue weighted by atomic mass is 9.61. The molecule has 0 N–H and O–H groups in total. The van der Waals surface area contributed by atoms with E-state index < -0.39 is 0 Å². The van der Waals surface area contributed by atoms with E-state index in [-0.39, 0.29) is 5.41 Å². The van der Waals surface area contributed by atoms with Gasteiger partial charge in [-0.3, -0.25) is 4.79 Å². The summed E-state index contributed by atoms with van der Waals surface area (Å²) < 4.78 is 0. The molecular formula is C17H22O. The van der Waals surface area contributed by atoms with Crippen LogP contribution >= 0.6 is 0 Å². The molecule has 0 unspecified atom stereocenters. The van der Waals surface area contributed by atoms with Gasteiger partial charge in [-0.25, -0.2) is 0 Å². The van der Waals surface area contributed by atoms with E-state index in [0.29, 0.717) is 11.7 Å². The van der Waals surface area contributed by atoms with Gasteiger partial charge in [-0.1, -0.05) is 31.2 Å². The highest BCUT2D eigenvalue weighted by molar-refractivity contribution is 5.82. The molecule has 18 heavy (non-hydrogen) atoms. The fourth-order valence-electron chi connectivity index (χ4n) is 3.98. The van der Waals surface area contributed by atoms with Crippen LogP contribution in [0.15, 0.2) is 24.3 Å². The number of rotatable bonds is 0. The molecule has 0 aliphatic heterocycles. The normalized spacial score (nSPS) is 32.1. The number of ketones is 1. The van der Waals surface area contributed by atoms with Crippen LogP contribution in [0.3, 0.4) is 0 Å². The summed E-state index contributed by atoms with van der Waals surface area (Å²) in [6.45, 7) is 2.35. The van der Waals surface area contributed by atoms with E-state index in [1.165, 1.54) is 24.0 Å². The molecule has 0 saturated heterocycles. The summed E-state index contributed by atoms with van der Waals surface area (Å²) in [7, 11) is 0. The predicted molar refractivity (Wildman–Crippen MR) is 73.5 cm³/mol. The summed E-state index contributed by atoms with van der Waals surface area (Å²) >= 11 is 0. The zero-order valence-corrected chi connectivity index (χ0v) is 11.2. The quantitative estimate of drug-likeness (QED) is 0.673. The van der Waals surface area contributed by atoms with Gasteiger partial charge in [0.1, 0.15) is 5.78 Å². The molecule has 1 heteroatoms. The van der Waals surface area contributed by atoms with E-state index in [2.05, 4.69) is 31.2 Å². The van der Waals surface area contributed by atoms with E-state index in [4.69, 9.17) is 0 Å². The van der Waals surface area contributed by atoms with Crippen LogP contribution in [0.5, 0.6) is 0 Å². The first-order valence-corrected chi connectivity index (χ1v) is 7.28. The molecule has 0 bridgehead atoms. The van der Waals surface area contributed by atoms with Crippen molar-refractivity contribution in [2.75, 3.05) is 0 Å². The number of Topliss-reactive ketones (excluding diaryl/α,β-unsaturated/α-hetero) is 1. The van der Waals surface area contributed by atoms with Crippen LogP contribution in [0, 0.1) is 11.3 Å². The second-order valence-electron chi connectivity index (χ2n) is 6.33. The summed E-state index contributed by atoms with van der Waals surface area (Å²) in [6, 6.07) is 8.78. The Morgan fingerprint density at radius 1 is 1.06 bits per heavy atom. The number of hydrogen-bond donors (Lipinski definition) is 0. The molecule has 1 saturated carbocycles. The van der Waals surface area contributed by atoms with Crippen LogP contribution in [0.25, 0.3) is 0 Å². The number of benzene rings is 1. The Bertz CT molecular complexity index is 462. The zero-order valence-electron chi connectivity index (χ0n) is 11.2. The van der Waals surface area contributed by atoms with E-state index in [0.717, 1.165) is 32.1 Å². The van der Waals surface area contributed by atoms with E-state index >= 15 is 0 Å². The third-order valence-corrected chi connectivity index (χ3v) is 5.19. The number of aryl methyl sites for hydroxylation is 2. The van der Waals surface area contributed by atoms with Crippen molar-refractivity contribution in [3.05, 3.63) is 35.4 Å². The maximum Gasteiger partial charge on any atom is 0.136 e. The number of hydrogen-bond acceptors (Lipinski definition) is 1. The monoisotopic (exact) mass is 242 g/mol. The minimum Gasteiger partial charge on any atom is -0.299 e. The Morgan fingerprint density at radius 3 is 2.56 bits per heavy atom. The van der Waals surface area contributed by atoms with Crippen LogP contribution in [0.2, 0.25) is 0 Å². The highest BCUT2D eigenvalue weighted by Crippen LogP contribution is 2.46. The van der Waals surface area contributed by atoms with Crippen LogP contribution < -0.4 is 0 Å². The van der Waals surface area contributed by atoms with Crippen molar-refractivity contribution in [1.82, 2.24) is 0 Å². The van der Waals surface area contributed by atoms with Crippen molar-refractivity contribution < 1.29 is 4.79 Å². The van der Waals surface area contributed by atoms with Gasteiger partial charge in [0, 0.05) is 12.3 Å². The average Bonchev–Trinajstić information content (AvgIpc) is 2.35. The van der Waals surface area contributed by atoms with Gasteiger partial charge in [0.2, 0.25) is 0 Å². The van der Waals surface area contributed by atoms with Crippen LogP contribution in [0.4, 0.5) is 0 Å². The molecule has 2 aliphatic rings. The second kappa shape index (κ2) is 4.53. The molecule has 1 aromatic carbocycles. The number of fused-ring (bicyclic) bond motifs is 2. The fraction of sp³-hybridized carbons (Fsp3) is 0.588. The van der Waals surface area contributed by atoms with Crippen LogP contribution in [0.1, 0.15) is 50.2 Å². The van der Waals surface area contributed by atoms with Crippen LogP contribution in [-0.2, 0) is 17.6 Å². The lowest BCUT2D eigenvalue weighted by molar-refractivity contribution is -0.130. The van der Waals surface area contributed by atoms with Gasteiger partial charge in [0.05, 0.1) is 0 Å². The molecule has 0 aromatic heterocycles. The average molecular weight is 242 g/mol. The summed E-state index contributed by atoms with van der Waals surface area (Å²) in [6.07, 6.45) is 7.65. The standard InChI is InChI=1S/C17H22O/c1-17-11-4-7-16(18)15(17)9-8-13-5-2-3-6-14(13)10-12-17/h2-3,5-6,15H,4,7-12H2,1H3/t15-,17-/m1/s1. The van der Waals surface area contributed by atoms with Crippen molar-refractivity contribution in [2.45, 2.75) is 51.9 Å². The Labute approximate surface area is 110 Å². The maximum absolute atomic E-state index is 12.2. The van der Waals surface area contributed by atoms with Gasteiger partial charge in [0.15, 0.2) is 0 Å². The Hall–Kier alpha value is -1.11. The molecule has 0 amide bonds. The molecule has 1 fully saturated rings. The predicted octanol–water partition coefficient (Wildman–Crippen LogP) is 3.94. The van der Waals surface area contributed by atoms with Crippen molar-refractivity contribution in [2.24, 2.45) is 11.3 Å². The fourth-order valence-corrected chi connectivity index (χ4v) is 3.98. The highest BCUT2D eigenvalue weighted by atomic mass is 16.1. The number of carbonyl (C=O) groups excluding carboxylic acids is 1. The van der Waals surface area contributed by atoms with Crippen molar-refractivity contribution in [1.29, 1.82) is 0 Å². The third-order valence-electron chi connectivity index (χ3n) is 5.19. The van der Waals surface area contributed by atoms with Crippen molar-refractivity contribution >= 4 is 5.78 Å². The molecule has 0 radical (unpaired) electrons. The molecule has 0 heterocycles. The molecule has 2 atom stereocenters. The molecule has 1 nitrogen and oxygen atoms in total. The summed E-state index contributed by atoms with van der Waals surface area (Å²) in [4.78, 5) is 12.2. The maximum atomic E-state index is 12.2. The van der Waals surface area contributed by atoms with E-state index in [9.17, 15) is 4.79 Å². The Kier molecular flexibility index (Phi) is 3.01. The lowest BCUT2D eigenvalue weighted by Gasteiger charge is -2.42. The third kappa shape index (κ3) is 2.00. The van der Waals surface area contributed by atoms with Gasteiger partial charge in [-0.05, 0) is 55.1 Å². The molecular weight excluding hydrogens is 220 g/mol. The molecule has 3 rings (SSSR count). The minimum atomic E-state index is 0.267. The Balaban J connectivity index is 1.91. The highest BCUT2D eigenvalue weighted by Gasteiger charge is 2.41. The molecule has 1 aromatic rings. The van der Waals surface area contributed by atoms with Gasteiger partial charge >= 0.3 is 0 Å². The first kappa shape index (κ1) is 12.0. The Morgan fingerprint density at radius 2 is 1.78 bits per heavy atom. The topological polar surface area (TPSA) is 17.1 Å². The van der Waals surface area contributed by atoms with Gasteiger partial charge < -0.3 is 0 Å². The van der Waals surface area contributed by atoms with Crippen molar-refractivity contribution in [3.63, 3.8) is 0 Å². The minimum absolute atomic E-state index is 0.267. The summed E-state index contributed by atoms with van der Waals surface area (Å²) in [5.74, 6) is 0.850. The first-order valence-electron chi connectivity index (χ1n) is 7.28. The largest absolute Gasteiger partial charge is 0.299 e. The molecule has 0 spiro atoms. The zero-order chi connectivity index (χ0) is 12.6. The number of carbonyl (C=O) groups is 1. The lowest BCUT2D eigenvalue weighted by Crippen LogP contribution is -2.39. The summed E-state index contributed by atoms with van der Waals surface area (Å²) in [5.41, 5.74) is 3.25. The smallest absolute Gasteiger partial charge is 0.136 e. The SMILES string of the molecule is C[C@]12CCCC(=O)[C@H]1CCc1ccccc1CC2. The molecule has 96 valence electrons. The van der Waals surface area contributed by atoms with Gasteiger partial charge in [0.25, 0.3) is 0 Å². The first-order chi connectivity index (χ1) is 8.69. The summed E-state index contributed by atoms with van der Waals surface area (Å²) in [5, 5.41) is 0.